The normalized spacial score (nSPS) is 22.2. The number of benzene rings is 1. The van der Waals surface area contributed by atoms with Crippen LogP contribution in [0.25, 0.3) is 0 Å². The van der Waals surface area contributed by atoms with Gasteiger partial charge in [-0.15, -0.1) is 36.9 Å². The zero-order valence-electron chi connectivity index (χ0n) is 8.28. The van der Waals surface area contributed by atoms with Gasteiger partial charge in [0.1, 0.15) is 0 Å². The van der Waals surface area contributed by atoms with Gasteiger partial charge in [-0.05, 0) is 6.07 Å². The SMILES string of the molecule is O=C1C(Cl)C(S)(S)N1c1cccc([N+](=O)[O-])c1. The smallest absolute Gasteiger partial charge is 0.271 e. The Morgan fingerprint density at radius 3 is 2.65 bits per heavy atom. The number of non-ortho nitro benzene ring substituents is 1. The summed E-state index contributed by atoms with van der Waals surface area (Å²) in [5.41, 5.74) is 0.247. The molecule has 1 atom stereocenters. The van der Waals surface area contributed by atoms with E-state index in [-0.39, 0.29) is 11.6 Å². The summed E-state index contributed by atoms with van der Waals surface area (Å²) in [4.78, 5) is 22.9. The summed E-state index contributed by atoms with van der Waals surface area (Å²) in [6.45, 7) is 0. The number of rotatable bonds is 2. The van der Waals surface area contributed by atoms with E-state index in [0.29, 0.717) is 5.69 Å². The first-order valence-electron chi connectivity index (χ1n) is 4.53. The Morgan fingerprint density at radius 1 is 1.47 bits per heavy atom. The van der Waals surface area contributed by atoms with Crippen LogP contribution in [0.4, 0.5) is 11.4 Å². The van der Waals surface area contributed by atoms with Crippen molar-refractivity contribution < 1.29 is 9.72 Å². The Bertz CT molecular complexity index is 509. The zero-order chi connectivity index (χ0) is 12.8. The minimum Gasteiger partial charge on any atom is -0.285 e. The fraction of sp³-hybridized carbons (Fsp3) is 0.222. The van der Waals surface area contributed by atoms with Gasteiger partial charge in [0, 0.05) is 12.1 Å². The summed E-state index contributed by atoms with van der Waals surface area (Å²) in [5.74, 6) is -0.378. The lowest BCUT2D eigenvalue weighted by Crippen LogP contribution is -2.67. The van der Waals surface area contributed by atoms with Crippen molar-refractivity contribution in [2.45, 2.75) is 9.58 Å². The summed E-state index contributed by atoms with van der Waals surface area (Å²) >= 11 is 14.1. The van der Waals surface area contributed by atoms with Crippen LogP contribution in [0.2, 0.25) is 0 Å². The Kier molecular flexibility index (Phi) is 3.01. The van der Waals surface area contributed by atoms with Crippen LogP contribution in [0.3, 0.4) is 0 Å². The van der Waals surface area contributed by atoms with Crippen LogP contribution in [-0.2, 0) is 4.79 Å². The Hall–Kier alpha value is -0.920. The predicted molar refractivity (Wildman–Crippen MR) is 70.9 cm³/mol. The molecule has 1 unspecified atom stereocenters. The molecule has 0 aromatic heterocycles. The van der Waals surface area contributed by atoms with Crippen LogP contribution in [0, 0.1) is 10.1 Å². The minimum absolute atomic E-state index is 0.106. The highest BCUT2D eigenvalue weighted by molar-refractivity contribution is 8.01. The van der Waals surface area contributed by atoms with E-state index in [1.807, 2.05) is 0 Å². The van der Waals surface area contributed by atoms with Gasteiger partial charge in [-0.1, -0.05) is 6.07 Å². The van der Waals surface area contributed by atoms with Crippen LogP contribution in [0.5, 0.6) is 0 Å². The number of amides is 1. The Balaban J connectivity index is 2.39. The van der Waals surface area contributed by atoms with E-state index in [0.717, 1.165) is 0 Å². The van der Waals surface area contributed by atoms with Crippen molar-refractivity contribution in [1.29, 1.82) is 0 Å². The average molecular weight is 291 g/mol. The quantitative estimate of drug-likeness (QED) is 0.219. The van der Waals surface area contributed by atoms with Gasteiger partial charge in [-0.25, -0.2) is 0 Å². The molecule has 0 N–H and O–H groups in total. The third-order valence-electron chi connectivity index (χ3n) is 2.41. The number of carbonyl (C=O) groups is 1. The zero-order valence-corrected chi connectivity index (χ0v) is 10.8. The molecule has 1 amide bonds. The molecule has 0 bridgehead atoms. The molecular weight excluding hydrogens is 284 g/mol. The van der Waals surface area contributed by atoms with Crippen LogP contribution in [0.15, 0.2) is 24.3 Å². The molecule has 2 rings (SSSR count). The number of β-lactam (4-membered cyclic amide) rings is 1. The molecule has 1 fully saturated rings. The maximum Gasteiger partial charge on any atom is 0.271 e. The highest BCUT2D eigenvalue weighted by Crippen LogP contribution is 2.46. The number of hydrogen-bond donors (Lipinski definition) is 2. The van der Waals surface area contributed by atoms with Gasteiger partial charge < -0.3 is 0 Å². The maximum absolute atomic E-state index is 11.6. The first kappa shape index (κ1) is 12.5. The third kappa shape index (κ3) is 1.88. The van der Waals surface area contributed by atoms with Crippen molar-refractivity contribution in [1.82, 2.24) is 0 Å². The molecule has 5 nitrogen and oxygen atoms in total. The summed E-state index contributed by atoms with van der Waals surface area (Å²) in [6, 6.07) is 5.67. The number of nitro groups is 1. The van der Waals surface area contributed by atoms with Gasteiger partial charge in [0.15, 0.2) is 9.58 Å². The fourth-order valence-electron chi connectivity index (χ4n) is 1.55. The fourth-order valence-corrected chi connectivity index (χ4v) is 2.40. The first-order chi connectivity index (χ1) is 7.85. The number of anilines is 1. The van der Waals surface area contributed by atoms with Crippen LogP contribution < -0.4 is 4.90 Å². The van der Waals surface area contributed by atoms with E-state index < -0.39 is 14.5 Å². The summed E-state index contributed by atoms with van der Waals surface area (Å²) in [5, 5.41) is 9.77. The molecule has 1 aliphatic rings. The summed E-state index contributed by atoms with van der Waals surface area (Å²) < 4.78 is -1.13. The molecule has 0 radical (unpaired) electrons. The van der Waals surface area contributed by atoms with Crippen molar-refractivity contribution in [3.05, 3.63) is 34.4 Å². The highest BCUT2D eigenvalue weighted by atomic mass is 35.5. The van der Waals surface area contributed by atoms with Gasteiger partial charge >= 0.3 is 0 Å². The highest BCUT2D eigenvalue weighted by Gasteiger charge is 2.56. The summed E-state index contributed by atoms with van der Waals surface area (Å²) in [7, 11) is 0. The summed E-state index contributed by atoms with van der Waals surface area (Å²) in [6.07, 6.45) is 0. The topological polar surface area (TPSA) is 63.5 Å². The Morgan fingerprint density at radius 2 is 2.12 bits per heavy atom. The van der Waals surface area contributed by atoms with Gasteiger partial charge in [-0.3, -0.25) is 19.8 Å². The molecule has 1 aromatic carbocycles. The van der Waals surface area contributed by atoms with Crippen LogP contribution in [0.1, 0.15) is 0 Å². The number of nitro benzene ring substituents is 1. The molecule has 1 aromatic rings. The van der Waals surface area contributed by atoms with E-state index >= 15 is 0 Å². The number of alkyl halides is 1. The van der Waals surface area contributed by atoms with E-state index in [9.17, 15) is 14.9 Å². The second kappa shape index (κ2) is 4.08. The lowest BCUT2D eigenvalue weighted by atomic mass is 10.1. The molecule has 0 saturated carbocycles. The monoisotopic (exact) mass is 290 g/mol. The van der Waals surface area contributed by atoms with Gasteiger partial charge in [0.05, 0.1) is 10.6 Å². The van der Waals surface area contributed by atoms with Crippen LogP contribution in [-0.4, -0.2) is 20.4 Å². The number of carbonyl (C=O) groups excluding carboxylic acids is 1. The molecule has 1 aliphatic heterocycles. The number of halogens is 1. The number of nitrogens with zero attached hydrogens (tertiary/aromatic N) is 2. The van der Waals surface area contributed by atoms with Gasteiger partial charge in [0.25, 0.3) is 11.6 Å². The van der Waals surface area contributed by atoms with E-state index in [2.05, 4.69) is 25.3 Å². The Labute approximate surface area is 113 Å². The van der Waals surface area contributed by atoms with Crippen LogP contribution >= 0.6 is 36.9 Å². The second-order valence-corrected chi connectivity index (χ2v) is 5.65. The van der Waals surface area contributed by atoms with Crippen molar-refractivity contribution in [3.8, 4) is 0 Å². The van der Waals surface area contributed by atoms with Gasteiger partial charge in [0.2, 0.25) is 0 Å². The van der Waals surface area contributed by atoms with Crippen molar-refractivity contribution in [2.24, 2.45) is 0 Å². The third-order valence-corrected chi connectivity index (χ3v) is 4.13. The van der Waals surface area contributed by atoms with E-state index in [1.165, 1.54) is 23.1 Å². The number of hydrogen-bond acceptors (Lipinski definition) is 5. The second-order valence-electron chi connectivity index (χ2n) is 3.50. The van der Waals surface area contributed by atoms with Gasteiger partial charge in [-0.2, -0.15) is 0 Å². The first-order valence-corrected chi connectivity index (χ1v) is 5.86. The van der Waals surface area contributed by atoms with E-state index in [4.69, 9.17) is 11.6 Å². The molecule has 1 heterocycles. The molecular formula is C9H7ClN2O3S2. The molecule has 0 spiro atoms. The van der Waals surface area contributed by atoms with E-state index in [1.54, 1.807) is 6.07 Å². The molecule has 8 heteroatoms. The lowest BCUT2D eigenvalue weighted by Gasteiger charge is -2.48. The standard InChI is InChI=1S/C9H7ClN2O3S2/c10-7-8(13)11(9(7,16)17)5-2-1-3-6(4-5)12(14)15/h1-4,7,16-17H. The molecule has 90 valence electrons. The van der Waals surface area contributed by atoms with Crippen molar-refractivity contribution in [3.63, 3.8) is 0 Å². The lowest BCUT2D eigenvalue weighted by molar-refractivity contribution is -0.384. The molecule has 1 saturated heterocycles. The predicted octanol–water partition coefficient (Wildman–Crippen LogP) is 2.06. The maximum atomic E-state index is 11.6. The molecule has 17 heavy (non-hydrogen) atoms. The van der Waals surface area contributed by atoms with Crippen molar-refractivity contribution >= 4 is 54.1 Å². The minimum atomic E-state index is -1.13. The largest absolute Gasteiger partial charge is 0.285 e. The molecule has 0 aliphatic carbocycles. The number of thiol groups is 2. The van der Waals surface area contributed by atoms with Crippen molar-refractivity contribution in [2.75, 3.05) is 4.90 Å². The average Bonchev–Trinajstić information content (AvgIpc) is 2.28.